The topological polar surface area (TPSA) is 68.4 Å². The van der Waals surface area contributed by atoms with Crippen molar-refractivity contribution < 1.29 is 9.84 Å². The lowest BCUT2D eigenvalue weighted by Gasteiger charge is -2.29. The van der Waals surface area contributed by atoms with Crippen LogP contribution in [0.4, 0.5) is 5.82 Å². The summed E-state index contributed by atoms with van der Waals surface area (Å²) in [6, 6.07) is 3.48. The fraction of sp³-hybridized carbons (Fsp3) is 0.500. The highest BCUT2D eigenvalue weighted by Crippen LogP contribution is 2.30. The summed E-state index contributed by atoms with van der Waals surface area (Å²) in [6.07, 6.45) is 0.812. The number of nitrogen functional groups attached to an aromatic ring is 1. The highest BCUT2D eigenvalue weighted by atomic mass is 16.5. The van der Waals surface area contributed by atoms with Crippen molar-refractivity contribution in [2.24, 2.45) is 0 Å². The van der Waals surface area contributed by atoms with E-state index in [-0.39, 0.29) is 0 Å². The van der Waals surface area contributed by atoms with E-state index in [1.165, 1.54) is 0 Å². The molecule has 0 fully saturated rings. The molecule has 1 atom stereocenters. The Labute approximate surface area is 83.7 Å². The number of methoxy groups -OCH3 is 1. The molecular weight excluding hydrogens is 180 g/mol. The van der Waals surface area contributed by atoms with Crippen LogP contribution in [0, 0.1) is 0 Å². The third-order valence-corrected chi connectivity index (χ3v) is 2.35. The third kappa shape index (κ3) is 2.02. The Morgan fingerprint density at radius 2 is 2.21 bits per heavy atom. The van der Waals surface area contributed by atoms with Crippen LogP contribution in [-0.4, -0.2) is 22.8 Å². The van der Waals surface area contributed by atoms with E-state index in [0.29, 0.717) is 11.4 Å². The maximum atomic E-state index is 9.98. The lowest BCUT2D eigenvalue weighted by molar-refractivity contribution is -0.0791. The Hall–Kier alpha value is -1.13. The summed E-state index contributed by atoms with van der Waals surface area (Å²) in [5.41, 5.74) is 5.57. The largest absolute Gasteiger partial charge is 0.385 e. The predicted molar refractivity (Wildman–Crippen MR) is 54.7 cm³/mol. The molecule has 1 rings (SSSR count). The summed E-state index contributed by atoms with van der Waals surface area (Å²) in [7, 11) is 1.55. The first-order valence-electron chi connectivity index (χ1n) is 4.42. The van der Waals surface area contributed by atoms with Gasteiger partial charge in [-0.1, -0.05) is 6.07 Å². The van der Waals surface area contributed by atoms with Crippen molar-refractivity contribution in [2.45, 2.75) is 25.6 Å². The van der Waals surface area contributed by atoms with Crippen LogP contribution in [0.2, 0.25) is 0 Å². The van der Waals surface area contributed by atoms with Crippen LogP contribution >= 0.6 is 0 Å². The maximum Gasteiger partial charge on any atom is 0.129 e. The van der Waals surface area contributed by atoms with E-state index in [2.05, 4.69) is 4.98 Å². The number of aromatic nitrogens is 1. The molecule has 0 aliphatic heterocycles. The van der Waals surface area contributed by atoms with Crippen LogP contribution in [-0.2, 0) is 4.74 Å². The molecule has 0 radical (unpaired) electrons. The maximum absolute atomic E-state index is 9.98. The van der Waals surface area contributed by atoms with Crippen LogP contribution in [0.5, 0.6) is 0 Å². The third-order valence-electron chi connectivity index (χ3n) is 2.35. The molecule has 1 unspecified atom stereocenters. The molecule has 4 nitrogen and oxygen atoms in total. The lowest BCUT2D eigenvalue weighted by atomic mass is 9.95. The van der Waals surface area contributed by atoms with Crippen molar-refractivity contribution in [3.8, 4) is 0 Å². The van der Waals surface area contributed by atoms with Gasteiger partial charge >= 0.3 is 0 Å². The average Bonchev–Trinajstić information content (AvgIpc) is 2.17. The molecule has 14 heavy (non-hydrogen) atoms. The van der Waals surface area contributed by atoms with E-state index in [1.54, 1.807) is 39.3 Å². The minimum atomic E-state index is -0.777. The van der Waals surface area contributed by atoms with Gasteiger partial charge in [-0.2, -0.15) is 0 Å². The minimum Gasteiger partial charge on any atom is -0.385 e. The van der Waals surface area contributed by atoms with Gasteiger partial charge < -0.3 is 15.6 Å². The van der Waals surface area contributed by atoms with Crippen molar-refractivity contribution >= 4 is 5.82 Å². The summed E-state index contributed by atoms with van der Waals surface area (Å²) < 4.78 is 5.18. The second-order valence-electron chi connectivity index (χ2n) is 3.69. The van der Waals surface area contributed by atoms with Crippen LogP contribution in [0.15, 0.2) is 18.3 Å². The van der Waals surface area contributed by atoms with Crippen LogP contribution in [0.1, 0.15) is 25.5 Å². The first-order chi connectivity index (χ1) is 6.49. The minimum absolute atomic E-state index is 0.338. The van der Waals surface area contributed by atoms with Crippen LogP contribution in [0.25, 0.3) is 0 Å². The molecule has 1 aromatic heterocycles. The van der Waals surface area contributed by atoms with E-state index in [9.17, 15) is 5.11 Å². The molecule has 0 aromatic carbocycles. The number of pyridine rings is 1. The summed E-state index contributed by atoms with van der Waals surface area (Å²) in [5, 5.41) is 9.98. The molecule has 3 N–H and O–H groups in total. The predicted octanol–water partition coefficient (Wildman–Crippen LogP) is 1.12. The molecule has 1 aromatic rings. The molecule has 0 saturated carbocycles. The SMILES string of the molecule is COC(C)(C)C(O)c1cccnc1N. The van der Waals surface area contributed by atoms with Gasteiger partial charge in [0.2, 0.25) is 0 Å². The summed E-state index contributed by atoms with van der Waals surface area (Å²) in [4.78, 5) is 3.91. The average molecular weight is 196 g/mol. The molecule has 0 amide bonds. The number of nitrogens with two attached hydrogens (primary N) is 1. The number of ether oxygens (including phenoxy) is 1. The number of anilines is 1. The first kappa shape index (κ1) is 10.9. The van der Waals surface area contributed by atoms with Crippen LogP contribution < -0.4 is 5.73 Å². The van der Waals surface area contributed by atoms with Crippen molar-refractivity contribution in [3.63, 3.8) is 0 Å². The van der Waals surface area contributed by atoms with E-state index in [1.807, 2.05) is 0 Å². The van der Waals surface area contributed by atoms with Gasteiger partial charge in [0.25, 0.3) is 0 Å². The molecular formula is C10H16N2O2. The summed E-state index contributed by atoms with van der Waals surface area (Å²) in [6.45, 7) is 3.59. The van der Waals surface area contributed by atoms with Gasteiger partial charge in [-0.3, -0.25) is 0 Å². The molecule has 0 aliphatic carbocycles. The molecule has 0 spiro atoms. The molecule has 1 heterocycles. The number of rotatable bonds is 3. The first-order valence-corrected chi connectivity index (χ1v) is 4.42. The van der Waals surface area contributed by atoms with Gasteiger partial charge in [0.05, 0.1) is 5.60 Å². The smallest absolute Gasteiger partial charge is 0.129 e. The van der Waals surface area contributed by atoms with Gasteiger partial charge in [-0.15, -0.1) is 0 Å². The molecule has 0 bridgehead atoms. The Bertz CT molecular complexity index is 313. The Morgan fingerprint density at radius 1 is 1.57 bits per heavy atom. The standard InChI is InChI=1S/C10H16N2O2/c1-10(2,14-3)8(13)7-5-4-6-12-9(7)11/h4-6,8,13H,1-3H3,(H2,11,12). The summed E-state index contributed by atoms with van der Waals surface area (Å²) in [5.74, 6) is 0.338. The molecule has 0 saturated heterocycles. The van der Waals surface area contributed by atoms with Gasteiger partial charge in [-0.25, -0.2) is 4.98 Å². The fourth-order valence-corrected chi connectivity index (χ4v) is 1.15. The fourth-order valence-electron chi connectivity index (χ4n) is 1.15. The van der Waals surface area contributed by atoms with Crippen molar-refractivity contribution in [2.75, 3.05) is 12.8 Å². The van der Waals surface area contributed by atoms with Gasteiger partial charge in [0, 0.05) is 18.9 Å². The monoisotopic (exact) mass is 196 g/mol. The van der Waals surface area contributed by atoms with E-state index < -0.39 is 11.7 Å². The van der Waals surface area contributed by atoms with E-state index in [0.717, 1.165) is 0 Å². The quantitative estimate of drug-likeness (QED) is 0.760. The molecule has 78 valence electrons. The second-order valence-corrected chi connectivity index (χ2v) is 3.69. The number of hydrogen-bond acceptors (Lipinski definition) is 4. The number of aliphatic hydroxyl groups is 1. The number of hydrogen-bond donors (Lipinski definition) is 2. The zero-order valence-corrected chi connectivity index (χ0v) is 8.69. The Morgan fingerprint density at radius 3 is 2.71 bits per heavy atom. The van der Waals surface area contributed by atoms with E-state index in [4.69, 9.17) is 10.5 Å². The zero-order valence-electron chi connectivity index (χ0n) is 8.69. The number of aliphatic hydroxyl groups excluding tert-OH is 1. The summed E-state index contributed by atoms with van der Waals surface area (Å²) >= 11 is 0. The second kappa shape index (κ2) is 3.94. The van der Waals surface area contributed by atoms with Gasteiger partial charge in [0.1, 0.15) is 11.9 Å². The van der Waals surface area contributed by atoms with Crippen molar-refractivity contribution in [1.29, 1.82) is 0 Å². The zero-order chi connectivity index (χ0) is 10.8. The van der Waals surface area contributed by atoms with Crippen molar-refractivity contribution in [3.05, 3.63) is 23.9 Å². The van der Waals surface area contributed by atoms with Gasteiger partial charge in [-0.05, 0) is 19.9 Å². The molecule has 4 heteroatoms. The lowest BCUT2D eigenvalue weighted by Crippen LogP contribution is -2.32. The highest BCUT2D eigenvalue weighted by Gasteiger charge is 2.30. The van der Waals surface area contributed by atoms with E-state index >= 15 is 0 Å². The molecule has 0 aliphatic rings. The van der Waals surface area contributed by atoms with Gasteiger partial charge in [0.15, 0.2) is 0 Å². The number of nitrogens with zero attached hydrogens (tertiary/aromatic N) is 1. The normalized spacial score (nSPS) is 14.0. The van der Waals surface area contributed by atoms with Crippen LogP contribution in [0.3, 0.4) is 0 Å². The Balaban J connectivity index is 3.00. The highest BCUT2D eigenvalue weighted by molar-refractivity contribution is 5.41. The van der Waals surface area contributed by atoms with Crippen molar-refractivity contribution in [1.82, 2.24) is 4.98 Å². The Kier molecular flexibility index (Phi) is 3.08.